The summed E-state index contributed by atoms with van der Waals surface area (Å²) in [5, 5.41) is 3.35. The quantitative estimate of drug-likeness (QED) is 0.917. The predicted molar refractivity (Wildman–Crippen MR) is 82.1 cm³/mol. The van der Waals surface area contributed by atoms with Crippen LogP contribution in [0.3, 0.4) is 0 Å². The van der Waals surface area contributed by atoms with Crippen molar-refractivity contribution < 1.29 is 4.79 Å². The van der Waals surface area contributed by atoms with Crippen molar-refractivity contribution in [3.63, 3.8) is 0 Å². The van der Waals surface area contributed by atoms with Crippen molar-refractivity contribution in [3.8, 4) is 0 Å². The first-order valence-electron chi connectivity index (χ1n) is 7.65. The van der Waals surface area contributed by atoms with Crippen LogP contribution in [-0.4, -0.2) is 34.9 Å². The number of pyridine rings is 1. The third-order valence-corrected chi connectivity index (χ3v) is 3.90. The van der Waals surface area contributed by atoms with Gasteiger partial charge in [-0.1, -0.05) is 6.92 Å². The Balaban J connectivity index is 2.23. The van der Waals surface area contributed by atoms with Gasteiger partial charge in [0.05, 0.1) is 11.3 Å². The minimum absolute atomic E-state index is 0.114. The van der Waals surface area contributed by atoms with Gasteiger partial charge in [0.2, 0.25) is 0 Å². The fourth-order valence-electron chi connectivity index (χ4n) is 2.69. The van der Waals surface area contributed by atoms with Gasteiger partial charge < -0.3 is 10.2 Å². The first kappa shape index (κ1) is 14.8. The van der Waals surface area contributed by atoms with Gasteiger partial charge in [-0.25, -0.2) is 0 Å². The van der Waals surface area contributed by atoms with Crippen LogP contribution in [0.2, 0.25) is 0 Å². The Kier molecular flexibility index (Phi) is 4.99. The third kappa shape index (κ3) is 3.30. The Morgan fingerprint density at radius 1 is 1.50 bits per heavy atom. The van der Waals surface area contributed by atoms with Crippen LogP contribution in [0.4, 0.5) is 5.69 Å². The fourth-order valence-corrected chi connectivity index (χ4v) is 2.69. The van der Waals surface area contributed by atoms with Crippen LogP contribution >= 0.6 is 0 Å². The van der Waals surface area contributed by atoms with E-state index in [0.29, 0.717) is 11.6 Å². The molecule has 1 N–H and O–H groups in total. The van der Waals surface area contributed by atoms with E-state index in [2.05, 4.69) is 24.1 Å². The van der Waals surface area contributed by atoms with E-state index in [1.54, 1.807) is 6.20 Å². The molecule has 0 spiro atoms. The minimum atomic E-state index is 0.114. The van der Waals surface area contributed by atoms with Gasteiger partial charge >= 0.3 is 0 Å². The lowest BCUT2D eigenvalue weighted by Gasteiger charge is -2.33. The molecule has 1 aliphatic heterocycles. The SMILES string of the molecule is CCCNc1cc(C)ncc1C(=O)N1CCCCC1C. The fraction of sp³-hybridized carbons (Fsp3) is 0.625. The maximum Gasteiger partial charge on any atom is 0.257 e. The van der Waals surface area contributed by atoms with E-state index in [-0.39, 0.29) is 5.91 Å². The molecule has 20 heavy (non-hydrogen) atoms. The van der Waals surface area contributed by atoms with Crippen LogP contribution in [0.1, 0.15) is 55.6 Å². The zero-order valence-corrected chi connectivity index (χ0v) is 12.8. The minimum Gasteiger partial charge on any atom is -0.384 e. The summed E-state index contributed by atoms with van der Waals surface area (Å²) >= 11 is 0. The number of rotatable bonds is 4. The number of amides is 1. The standard InChI is InChI=1S/C16H25N3O/c1-4-8-17-15-10-12(2)18-11-14(15)16(20)19-9-6-5-7-13(19)3/h10-11,13H,4-9H2,1-3H3,(H,17,18). The molecule has 2 heterocycles. The monoisotopic (exact) mass is 275 g/mol. The molecule has 0 radical (unpaired) electrons. The predicted octanol–water partition coefficient (Wildman–Crippen LogP) is 3.23. The van der Waals surface area contributed by atoms with Crippen molar-refractivity contribution in [3.05, 3.63) is 23.5 Å². The van der Waals surface area contributed by atoms with Gasteiger partial charge in [0, 0.05) is 31.0 Å². The first-order chi connectivity index (χ1) is 9.63. The molecule has 1 aromatic rings. The third-order valence-electron chi connectivity index (χ3n) is 3.90. The molecule has 0 saturated carbocycles. The summed E-state index contributed by atoms with van der Waals surface area (Å²) in [6, 6.07) is 2.30. The summed E-state index contributed by atoms with van der Waals surface area (Å²) in [5.41, 5.74) is 2.56. The van der Waals surface area contributed by atoms with Gasteiger partial charge in [-0.15, -0.1) is 0 Å². The van der Waals surface area contributed by atoms with Gasteiger partial charge in [-0.3, -0.25) is 9.78 Å². The van der Waals surface area contributed by atoms with Crippen LogP contribution in [0.15, 0.2) is 12.3 Å². The smallest absolute Gasteiger partial charge is 0.257 e. The molecule has 1 amide bonds. The molecule has 1 unspecified atom stereocenters. The van der Waals surface area contributed by atoms with E-state index in [4.69, 9.17) is 0 Å². The number of hydrogen-bond acceptors (Lipinski definition) is 3. The van der Waals surface area contributed by atoms with Gasteiger partial charge in [0.15, 0.2) is 0 Å². The van der Waals surface area contributed by atoms with Crippen molar-refractivity contribution in [1.29, 1.82) is 0 Å². The number of carbonyl (C=O) groups is 1. The summed E-state index contributed by atoms with van der Waals surface area (Å²) in [4.78, 5) is 19.0. The lowest BCUT2D eigenvalue weighted by atomic mass is 10.0. The van der Waals surface area contributed by atoms with Crippen molar-refractivity contribution in [2.24, 2.45) is 0 Å². The van der Waals surface area contributed by atoms with E-state index >= 15 is 0 Å². The summed E-state index contributed by atoms with van der Waals surface area (Å²) in [5.74, 6) is 0.114. The van der Waals surface area contributed by atoms with E-state index in [9.17, 15) is 4.79 Å². The van der Waals surface area contributed by atoms with Gasteiger partial charge in [-0.05, 0) is 45.6 Å². The lowest BCUT2D eigenvalue weighted by Crippen LogP contribution is -2.42. The second-order valence-corrected chi connectivity index (χ2v) is 5.64. The second-order valence-electron chi connectivity index (χ2n) is 5.64. The molecule has 2 rings (SSSR count). The average Bonchev–Trinajstić information content (AvgIpc) is 2.45. The Morgan fingerprint density at radius 2 is 2.30 bits per heavy atom. The average molecular weight is 275 g/mol. The van der Waals surface area contributed by atoms with Crippen molar-refractivity contribution in [2.75, 3.05) is 18.4 Å². The Hall–Kier alpha value is -1.58. The number of likely N-dealkylation sites (tertiary alicyclic amines) is 1. The highest BCUT2D eigenvalue weighted by Gasteiger charge is 2.26. The molecule has 1 aliphatic rings. The van der Waals surface area contributed by atoms with Crippen LogP contribution in [0.5, 0.6) is 0 Å². The number of piperidine rings is 1. The van der Waals surface area contributed by atoms with E-state index in [0.717, 1.165) is 43.7 Å². The summed E-state index contributed by atoms with van der Waals surface area (Å²) in [7, 11) is 0. The Morgan fingerprint density at radius 3 is 3.00 bits per heavy atom. The van der Waals surface area contributed by atoms with E-state index in [1.165, 1.54) is 6.42 Å². The topological polar surface area (TPSA) is 45.2 Å². The van der Waals surface area contributed by atoms with Crippen molar-refractivity contribution in [2.45, 2.75) is 52.5 Å². The Labute approximate surface area is 121 Å². The highest BCUT2D eigenvalue weighted by molar-refractivity contribution is 5.99. The zero-order valence-electron chi connectivity index (χ0n) is 12.8. The Bertz CT molecular complexity index is 473. The second kappa shape index (κ2) is 6.73. The molecule has 1 fully saturated rings. The van der Waals surface area contributed by atoms with Crippen LogP contribution < -0.4 is 5.32 Å². The molecule has 0 aromatic carbocycles. The van der Waals surface area contributed by atoms with Crippen molar-refractivity contribution in [1.82, 2.24) is 9.88 Å². The first-order valence-corrected chi connectivity index (χ1v) is 7.65. The molecule has 1 atom stereocenters. The number of hydrogen-bond donors (Lipinski definition) is 1. The maximum absolute atomic E-state index is 12.8. The number of aromatic nitrogens is 1. The molecular formula is C16H25N3O. The summed E-state index contributed by atoms with van der Waals surface area (Å²) in [6.07, 6.45) is 6.18. The molecule has 4 heteroatoms. The highest BCUT2D eigenvalue weighted by Crippen LogP contribution is 2.23. The zero-order chi connectivity index (χ0) is 14.5. The number of anilines is 1. The number of nitrogens with zero attached hydrogens (tertiary/aromatic N) is 2. The van der Waals surface area contributed by atoms with Gasteiger partial charge in [-0.2, -0.15) is 0 Å². The molecule has 4 nitrogen and oxygen atoms in total. The van der Waals surface area contributed by atoms with Crippen molar-refractivity contribution >= 4 is 11.6 Å². The van der Waals surface area contributed by atoms with Crippen LogP contribution in [0, 0.1) is 6.92 Å². The van der Waals surface area contributed by atoms with Gasteiger partial charge in [0.25, 0.3) is 5.91 Å². The molecule has 1 aromatic heterocycles. The van der Waals surface area contributed by atoms with E-state index in [1.807, 2.05) is 17.9 Å². The summed E-state index contributed by atoms with van der Waals surface area (Å²) < 4.78 is 0. The number of nitrogens with one attached hydrogen (secondary N) is 1. The molecule has 0 bridgehead atoms. The van der Waals surface area contributed by atoms with Gasteiger partial charge in [0.1, 0.15) is 0 Å². The lowest BCUT2D eigenvalue weighted by molar-refractivity contribution is 0.0636. The van der Waals surface area contributed by atoms with Crippen LogP contribution in [0.25, 0.3) is 0 Å². The molecule has 0 aliphatic carbocycles. The molecule has 110 valence electrons. The van der Waals surface area contributed by atoms with E-state index < -0.39 is 0 Å². The normalized spacial score (nSPS) is 18.9. The largest absolute Gasteiger partial charge is 0.384 e. The molecule has 1 saturated heterocycles. The molecular weight excluding hydrogens is 250 g/mol. The number of aryl methyl sites for hydroxylation is 1. The maximum atomic E-state index is 12.8. The van der Waals surface area contributed by atoms with Crippen LogP contribution in [-0.2, 0) is 0 Å². The summed E-state index contributed by atoms with van der Waals surface area (Å²) in [6.45, 7) is 7.95. The number of carbonyl (C=O) groups excluding carboxylic acids is 1. The highest BCUT2D eigenvalue weighted by atomic mass is 16.2.